The van der Waals surface area contributed by atoms with Gasteiger partial charge in [0.1, 0.15) is 0 Å². The number of amides is 1. The standard InChI is InChI=1S/C14H18BrNO/c1-10-4-3-5-11(2)16(10)14(17)12-6-8-13(15)9-7-12/h6-11H,3-5H2,1-2H3/t10-,11-/m0/s1. The molecule has 0 unspecified atom stereocenters. The van der Waals surface area contributed by atoms with Gasteiger partial charge in [-0.1, -0.05) is 15.9 Å². The number of nitrogens with zero attached hydrogens (tertiary/aromatic N) is 1. The average molecular weight is 296 g/mol. The van der Waals surface area contributed by atoms with E-state index in [9.17, 15) is 4.79 Å². The number of halogens is 1. The lowest BCUT2D eigenvalue weighted by atomic mass is 9.96. The van der Waals surface area contributed by atoms with Gasteiger partial charge in [0.25, 0.3) is 5.91 Å². The fourth-order valence-electron chi connectivity index (χ4n) is 2.56. The summed E-state index contributed by atoms with van der Waals surface area (Å²) >= 11 is 3.39. The van der Waals surface area contributed by atoms with Crippen molar-refractivity contribution in [3.05, 3.63) is 34.3 Å². The third kappa shape index (κ3) is 2.71. The molecule has 17 heavy (non-hydrogen) atoms. The Labute approximate surface area is 111 Å². The summed E-state index contributed by atoms with van der Waals surface area (Å²) in [5.74, 6) is 0.164. The molecule has 1 aliphatic rings. The van der Waals surface area contributed by atoms with E-state index in [0.717, 1.165) is 22.9 Å². The minimum atomic E-state index is 0.164. The van der Waals surface area contributed by atoms with Crippen LogP contribution in [0.25, 0.3) is 0 Å². The van der Waals surface area contributed by atoms with Crippen LogP contribution in [0.3, 0.4) is 0 Å². The molecule has 0 N–H and O–H groups in total. The number of piperidine rings is 1. The smallest absolute Gasteiger partial charge is 0.254 e. The van der Waals surface area contributed by atoms with Crippen LogP contribution in [0.1, 0.15) is 43.5 Å². The molecule has 0 bridgehead atoms. The highest BCUT2D eigenvalue weighted by Crippen LogP contribution is 2.25. The molecule has 0 saturated carbocycles. The zero-order chi connectivity index (χ0) is 12.4. The molecule has 1 fully saturated rings. The predicted molar refractivity (Wildman–Crippen MR) is 73.1 cm³/mol. The van der Waals surface area contributed by atoms with E-state index in [1.165, 1.54) is 6.42 Å². The largest absolute Gasteiger partial charge is 0.333 e. The van der Waals surface area contributed by atoms with Gasteiger partial charge in [0.05, 0.1) is 0 Å². The Kier molecular flexibility index (Phi) is 3.87. The van der Waals surface area contributed by atoms with Crippen LogP contribution in [-0.4, -0.2) is 22.9 Å². The number of hydrogen-bond acceptors (Lipinski definition) is 1. The summed E-state index contributed by atoms with van der Waals surface area (Å²) in [7, 11) is 0. The van der Waals surface area contributed by atoms with Crippen molar-refractivity contribution in [3.8, 4) is 0 Å². The quantitative estimate of drug-likeness (QED) is 0.771. The molecule has 3 heteroatoms. The van der Waals surface area contributed by atoms with E-state index >= 15 is 0 Å². The molecule has 1 amide bonds. The zero-order valence-electron chi connectivity index (χ0n) is 10.3. The Morgan fingerprint density at radius 2 is 1.71 bits per heavy atom. The first-order chi connectivity index (χ1) is 8.09. The first-order valence-corrected chi connectivity index (χ1v) is 6.97. The number of benzene rings is 1. The van der Waals surface area contributed by atoms with Gasteiger partial charge in [0, 0.05) is 22.1 Å². The van der Waals surface area contributed by atoms with E-state index in [0.29, 0.717) is 12.1 Å². The van der Waals surface area contributed by atoms with Crippen LogP contribution in [-0.2, 0) is 0 Å². The second-order valence-corrected chi connectivity index (χ2v) is 5.76. The first kappa shape index (κ1) is 12.6. The zero-order valence-corrected chi connectivity index (χ0v) is 11.9. The number of carbonyl (C=O) groups excluding carboxylic acids is 1. The summed E-state index contributed by atoms with van der Waals surface area (Å²) in [6, 6.07) is 8.34. The van der Waals surface area contributed by atoms with Gasteiger partial charge in [0.15, 0.2) is 0 Å². The van der Waals surface area contributed by atoms with Crippen molar-refractivity contribution in [2.75, 3.05) is 0 Å². The predicted octanol–water partition coefficient (Wildman–Crippen LogP) is 3.85. The van der Waals surface area contributed by atoms with Crippen LogP contribution in [0, 0.1) is 0 Å². The third-order valence-electron chi connectivity index (χ3n) is 3.52. The van der Waals surface area contributed by atoms with Gasteiger partial charge in [-0.25, -0.2) is 0 Å². The van der Waals surface area contributed by atoms with Crippen LogP contribution in [0.15, 0.2) is 28.7 Å². The summed E-state index contributed by atoms with van der Waals surface area (Å²) in [5.41, 5.74) is 0.786. The molecule has 2 atom stereocenters. The Morgan fingerprint density at radius 1 is 1.18 bits per heavy atom. The molecular formula is C14H18BrNO. The summed E-state index contributed by atoms with van der Waals surface area (Å²) < 4.78 is 1.01. The van der Waals surface area contributed by atoms with E-state index in [4.69, 9.17) is 0 Å². The first-order valence-electron chi connectivity index (χ1n) is 6.18. The Hall–Kier alpha value is -0.830. The maximum absolute atomic E-state index is 12.4. The van der Waals surface area contributed by atoms with Crippen LogP contribution in [0.5, 0.6) is 0 Å². The van der Waals surface area contributed by atoms with Crippen molar-refractivity contribution < 1.29 is 4.79 Å². The molecule has 2 nitrogen and oxygen atoms in total. The second-order valence-electron chi connectivity index (χ2n) is 4.85. The van der Waals surface area contributed by atoms with Crippen molar-refractivity contribution in [2.24, 2.45) is 0 Å². The van der Waals surface area contributed by atoms with Gasteiger partial charge in [-0.15, -0.1) is 0 Å². The number of hydrogen-bond donors (Lipinski definition) is 0. The van der Waals surface area contributed by atoms with Gasteiger partial charge in [-0.3, -0.25) is 4.79 Å². The molecule has 1 aromatic carbocycles. The molecule has 92 valence electrons. The number of likely N-dealkylation sites (tertiary alicyclic amines) is 1. The average Bonchev–Trinajstić information content (AvgIpc) is 2.29. The minimum Gasteiger partial charge on any atom is -0.333 e. The van der Waals surface area contributed by atoms with Gasteiger partial charge in [0.2, 0.25) is 0 Å². The molecule has 0 aromatic heterocycles. The topological polar surface area (TPSA) is 20.3 Å². The van der Waals surface area contributed by atoms with Crippen LogP contribution in [0.2, 0.25) is 0 Å². The molecular weight excluding hydrogens is 278 g/mol. The molecule has 2 rings (SSSR count). The molecule has 0 aliphatic carbocycles. The summed E-state index contributed by atoms with van der Waals surface area (Å²) in [4.78, 5) is 14.5. The second kappa shape index (κ2) is 5.21. The lowest BCUT2D eigenvalue weighted by Crippen LogP contribution is -2.47. The highest BCUT2D eigenvalue weighted by molar-refractivity contribution is 9.10. The van der Waals surface area contributed by atoms with Gasteiger partial charge in [-0.05, 0) is 57.4 Å². The summed E-state index contributed by atoms with van der Waals surface area (Å²) in [6.45, 7) is 4.29. The van der Waals surface area contributed by atoms with Crippen molar-refractivity contribution in [2.45, 2.75) is 45.2 Å². The minimum absolute atomic E-state index is 0.164. The van der Waals surface area contributed by atoms with Gasteiger partial charge < -0.3 is 4.90 Å². The Balaban J connectivity index is 2.20. The van der Waals surface area contributed by atoms with Gasteiger partial charge in [-0.2, -0.15) is 0 Å². The molecule has 0 radical (unpaired) electrons. The lowest BCUT2D eigenvalue weighted by molar-refractivity contribution is 0.0511. The highest BCUT2D eigenvalue weighted by Gasteiger charge is 2.29. The summed E-state index contributed by atoms with van der Waals surface area (Å²) in [6.07, 6.45) is 3.46. The fourth-order valence-corrected chi connectivity index (χ4v) is 2.83. The normalized spacial score (nSPS) is 24.8. The molecule has 0 spiro atoms. The van der Waals surface area contributed by atoms with E-state index in [1.807, 2.05) is 29.2 Å². The fraction of sp³-hybridized carbons (Fsp3) is 0.500. The molecule has 1 aromatic rings. The number of rotatable bonds is 1. The van der Waals surface area contributed by atoms with Crippen molar-refractivity contribution in [3.63, 3.8) is 0 Å². The van der Waals surface area contributed by atoms with E-state index in [-0.39, 0.29) is 5.91 Å². The third-order valence-corrected chi connectivity index (χ3v) is 4.05. The number of carbonyl (C=O) groups is 1. The Bertz CT molecular complexity index is 391. The van der Waals surface area contributed by atoms with Crippen LogP contribution < -0.4 is 0 Å². The van der Waals surface area contributed by atoms with Gasteiger partial charge >= 0.3 is 0 Å². The van der Waals surface area contributed by atoms with Crippen molar-refractivity contribution in [1.29, 1.82) is 0 Å². The lowest BCUT2D eigenvalue weighted by Gasteiger charge is -2.39. The van der Waals surface area contributed by atoms with Crippen molar-refractivity contribution in [1.82, 2.24) is 4.90 Å². The highest BCUT2D eigenvalue weighted by atomic mass is 79.9. The van der Waals surface area contributed by atoms with E-state index < -0.39 is 0 Å². The van der Waals surface area contributed by atoms with E-state index in [1.54, 1.807) is 0 Å². The Morgan fingerprint density at radius 3 is 2.24 bits per heavy atom. The summed E-state index contributed by atoms with van der Waals surface area (Å²) in [5, 5.41) is 0. The van der Waals surface area contributed by atoms with Crippen LogP contribution in [0.4, 0.5) is 0 Å². The SMILES string of the molecule is C[C@H]1CCC[C@H](C)N1C(=O)c1ccc(Br)cc1. The molecule has 1 heterocycles. The molecule has 1 saturated heterocycles. The monoisotopic (exact) mass is 295 g/mol. The van der Waals surface area contributed by atoms with E-state index in [2.05, 4.69) is 29.8 Å². The maximum atomic E-state index is 12.4. The maximum Gasteiger partial charge on any atom is 0.254 e. The van der Waals surface area contributed by atoms with Crippen LogP contribution >= 0.6 is 15.9 Å². The van der Waals surface area contributed by atoms with Crippen molar-refractivity contribution >= 4 is 21.8 Å². The molecule has 1 aliphatic heterocycles.